The molecule has 6 rings (SSSR count). The summed E-state index contributed by atoms with van der Waals surface area (Å²) < 4.78 is 2.36. The van der Waals surface area contributed by atoms with Crippen LogP contribution in [-0.2, 0) is 11.2 Å². The molecule has 4 nitrogen and oxygen atoms in total. The van der Waals surface area contributed by atoms with Crippen LogP contribution in [-0.4, -0.2) is 52.0 Å². The molecular formula is C29H39N3O. The molecule has 0 saturated carbocycles. The van der Waals surface area contributed by atoms with Gasteiger partial charge in [-0.1, -0.05) is 36.3 Å². The second kappa shape index (κ2) is 8.61. The predicted octanol–water partition coefficient (Wildman–Crippen LogP) is 5.58. The first-order valence-electron chi connectivity index (χ1n) is 13.4. The average molecular weight is 446 g/mol. The van der Waals surface area contributed by atoms with Crippen LogP contribution in [0.15, 0.2) is 42.1 Å². The van der Waals surface area contributed by atoms with Gasteiger partial charge < -0.3 is 9.47 Å². The molecule has 4 aliphatic rings. The highest BCUT2D eigenvalue weighted by Gasteiger charge is 2.46. The number of rotatable bonds is 4. The van der Waals surface area contributed by atoms with Crippen molar-refractivity contribution in [2.45, 2.75) is 83.3 Å². The monoisotopic (exact) mass is 445 g/mol. The van der Waals surface area contributed by atoms with E-state index in [2.05, 4.69) is 64.8 Å². The summed E-state index contributed by atoms with van der Waals surface area (Å²) in [5, 5.41) is 1.31. The largest absolute Gasteiger partial charge is 0.345 e. The molecule has 2 aromatic rings. The molecular weight excluding hydrogens is 406 g/mol. The Kier molecular flexibility index (Phi) is 5.60. The van der Waals surface area contributed by atoms with Gasteiger partial charge in [0.15, 0.2) is 0 Å². The third-order valence-corrected chi connectivity index (χ3v) is 8.97. The van der Waals surface area contributed by atoms with Gasteiger partial charge in [0.05, 0.1) is 6.04 Å². The number of benzene rings is 1. The smallest absolute Gasteiger partial charge is 0.223 e. The van der Waals surface area contributed by atoms with Crippen LogP contribution in [0.1, 0.15) is 70.4 Å². The van der Waals surface area contributed by atoms with Crippen LogP contribution in [0.4, 0.5) is 0 Å². The fraction of sp³-hybridized carbons (Fsp3) is 0.621. The number of hydrogen-bond acceptors (Lipinski definition) is 2. The Morgan fingerprint density at radius 2 is 2.00 bits per heavy atom. The maximum atomic E-state index is 13.6. The minimum atomic E-state index is 0.363. The maximum absolute atomic E-state index is 13.6. The van der Waals surface area contributed by atoms with Crippen LogP contribution in [0.3, 0.4) is 0 Å². The molecule has 2 bridgehead atoms. The highest BCUT2D eigenvalue weighted by atomic mass is 16.2. The van der Waals surface area contributed by atoms with E-state index in [9.17, 15) is 4.79 Å². The van der Waals surface area contributed by atoms with Gasteiger partial charge in [0.25, 0.3) is 0 Å². The first-order valence-corrected chi connectivity index (χ1v) is 13.4. The third kappa shape index (κ3) is 3.75. The van der Waals surface area contributed by atoms with E-state index in [0.717, 1.165) is 31.3 Å². The molecule has 4 heterocycles. The molecule has 3 fully saturated rings. The summed E-state index contributed by atoms with van der Waals surface area (Å²) in [6, 6.07) is 10.2. The number of carbonyl (C=O) groups excluding carboxylic acids is 1. The summed E-state index contributed by atoms with van der Waals surface area (Å²) in [5.74, 6) is 1.73. The summed E-state index contributed by atoms with van der Waals surface area (Å²) in [6.07, 6.45) is 14.1. The molecule has 1 amide bonds. The number of aryl methyl sites for hydroxylation is 1. The summed E-state index contributed by atoms with van der Waals surface area (Å²) in [7, 11) is 0. The number of piperidine rings is 3. The van der Waals surface area contributed by atoms with Crippen LogP contribution in [0.2, 0.25) is 0 Å². The van der Waals surface area contributed by atoms with Crippen LogP contribution in [0, 0.1) is 11.8 Å². The van der Waals surface area contributed by atoms with Crippen LogP contribution in [0.5, 0.6) is 0 Å². The van der Waals surface area contributed by atoms with Gasteiger partial charge in [-0.3, -0.25) is 9.69 Å². The second-order valence-corrected chi connectivity index (χ2v) is 11.3. The Morgan fingerprint density at radius 1 is 1.12 bits per heavy atom. The molecule has 4 heteroatoms. The third-order valence-electron chi connectivity index (χ3n) is 8.97. The van der Waals surface area contributed by atoms with Gasteiger partial charge in [-0.05, 0) is 82.4 Å². The fourth-order valence-corrected chi connectivity index (χ4v) is 7.54. The van der Waals surface area contributed by atoms with Crippen LogP contribution in [0.25, 0.3) is 10.9 Å². The van der Waals surface area contributed by atoms with Crippen molar-refractivity contribution in [2.24, 2.45) is 11.8 Å². The fourth-order valence-electron chi connectivity index (χ4n) is 7.54. The number of carbonyl (C=O) groups is 1. The lowest BCUT2D eigenvalue weighted by atomic mass is 9.68. The quantitative estimate of drug-likeness (QED) is 0.575. The molecule has 3 saturated heterocycles. The van der Waals surface area contributed by atoms with E-state index in [0.29, 0.717) is 30.3 Å². The van der Waals surface area contributed by atoms with Gasteiger partial charge in [-0.25, -0.2) is 0 Å². The predicted molar refractivity (Wildman–Crippen MR) is 134 cm³/mol. The summed E-state index contributed by atoms with van der Waals surface area (Å²) in [5.41, 5.74) is 4.20. The number of fused-ring (bicyclic) bond motifs is 7. The van der Waals surface area contributed by atoms with Crippen molar-refractivity contribution < 1.29 is 4.79 Å². The van der Waals surface area contributed by atoms with E-state index in [1.165, 1.54) is 61.7 Å². The number of nitrogens with zero attached hydrogens (tertiary/aromatic N) is 3. The van der Waals surface area contributed by atoms with Crippen molar-refractivity contribution >= 4 is 16.8 Å². The summed E-state index contributed by atoms with van der Waals surface area (Å²) in [6.45, 7) is 7.88. The van der Waals surface area contributed by atoms with Crippen LogP contribution >= 0.6 is 0 Å². The number of amides is 1. The molecule has 0 N–H and O–H groups in total. The zero-order valence-electron chi connectivity index (χ0n) is 20.4. The molecule has 0 unspecified atom stereocenters. The Morgan fingerprint density at radius 3 is 2.88 bits per heavy atom. The summed E-state index contributed by atoms with van der Waals surface area (Å²) in [4.78, 5) is 18.7. The van der Waals surface area contributed by atoms with Crippen molar-refractivity contribution in [2.75, 3.05) is 19.6 Å². The minimum Gasteiger partial charge on any atom is -0.345 e. The standard InChI is InChI=1S/C29H39N3O/c1-20(2)32-19-22(25-9-3-4-11-27(25)32)12-13-28(33)31-15-7-8-21-16-23-17-24(29(21)31)18-30-14-6-5-10-26(23)30/h3-4,9,11,16,19-20,23-24,26,29H,5-8,10,12-15,17-18H2,1-2H3/t23-,24+,26-,29+/m0/s1. The molecule has 3 aliphatic heterocycles. The second-order valence-electron chi connectivity index (χ2n) is 11.3. The Bertz CT molecular complexity index is 1070. The van der Waals surface area contributed by atoms with E-state index in [1.807, 2.05) is 0 Å². The first-order chi connectivity index (χ1) is 16.1. The van der Waals surface area contributed by atoms with Gasteiger partial charge in [-0.15, -0.1) is 0 Å². The van der Waals surface area contributed by atoms with Gasteiger partial charge in [0, 0.05) is 48.7 Å². The molecule has 4 atom stereocenters. The van der Waals surface area contributed by atoms with Gasteiger partial charge in [0.1, 0.15) is 0 Å². The zero-order valence-corrected chi connectivity index (χ0v) is 20.4. The minimum absolute atomic E-state index is 0.363. The van der Waals surface area contributed by atoms with Gasteiger partial charge in [0.2, 0.25) is 5.91 Å². The maximum Gasteiger partial charge on any atom is 0.223 e. The molecule has 0 spiro atoms. The highest BCUT2D eigenvalue weighted by molar-refractivity contribution is 5.85. The lowest BCUT2D eigenvalue weighted by Crippen LogP contribution is -2.60. The first kappa shape index (κ1) is 21.5. The van der Waals surface area contributed by atoms with Crippen molar-refractivity contribution in [1.82, 2.24) is 14.4 Å². The van der Waals surface area contributed by atoms with Crippen molar-refractivity contribution in [3.05, 3.63) is 47.7 Å². The topological polar surface area (TPSA) is 28.5 Å². The Hall–Kier alpha value is -2.07. The zero-order chi connectivity index (χ0) is 22.5. The van der Waals surface area contributed by atoms with Crippen molar-refractivity contribution in [1.29, 1.82) is 0 Å². The SMILES string of the molecule is CC(C)n1cc(CCC(=O)N2CCCC3=C[C@H]4C[C@H](CN5CCCC[C@@H]45)[C@@H]32)c2ccccc21. The molecule has 0 radical (unpaired) electrons. The summed E-state index contributed by atoms with van der Waals surface area (Å²) >= 11 is 0. The molecule has 176 valence electrons. The lowest BCUT2D eigenvalue weighted by molar-refractivity contribution is -0.136. The average Bonchev–Trinajstić information content (AvgIpc) is 3.21. The molecule has 1 aromatic heterocycles. The molecule has 1 aliphatic carbocycles. The van der Waals surface area contributed by atoms with Gasteiger partial charge >= 0.3 is 0 Å². The van der Waals surface area contributed by atoms with E-state index in [1.54, 1.807) is 5.57 Å². The number of para-hydroxylation sites is 1. The van der Waals surface area contributed by atoms with E-state index < -0.39 is 0 Å². The van der Waals surface area contributed by atoms with Crippen molar-refractivity contribution in [3.63, 3.8) is 0 Å². The van der Waals surface area contributed by atoms with E-state index >= 15 is 0 Å². The number of hydrogen-bond donors (Lipinski definition) is 0. The number of aromatic nitrogens is 1. The number of likely N-dealkylation sites (tertiary alicyclic amines) is 1. The highest BCUT2D eigenvalue weighted by Crippen LogP contribution is 2.45. The Labute approximate surface area is 198 Å². The van der Waals surface area contributed by atoms with Gasteiger partial charge in [-0.2, -0.15) is 0 Å². The van der Waals surface area contributed by atoms with Crippen LogP contribution < -0.4 is 0 Å². The normalized spacial score (nSPS) is 29.7. The lowest BCUT2D eigenvalue weighted by Gasteiger charge is -2.54. The molecule has 33 heavy (non-hydrogen) atoms. The van der Waals surface area contributed by atoms with E-state index in [-0.39, 0.29) is 0 Å². The van der Waals surface area contributed by atoms with E-state index in [4.69, 9.17) is 0 Å². The van der Waals surface area contributed by atoms with Crippen molar-refractivity contribution in [3.8, 4) is 0 Å². The Balaban J connectivity index is 1.21. The molecule has 1 aromatic carbocycles.